The molecule has 21 heteroatoms. The van der Waals surface area contributed by atoms with Gasteiger partial charge in [-0.05, 0) is 73.0 Å². The third kappa shape index (κ3) is 12.5. The van der Waals surface area contributed by atoms with Crippen LogP contribution in [-0.4, -0.2) is 89.0 Å². The number of hydrogen-bond donors (Lipinski definition) is 4. The second-order valence-electron chi connectivity index (χ2n) is 12.7. The van der Waals surface area contributed by atoms with Gasteiger partial charge in [-0.25, -0.2) is 9.78 Å². The summed E-state index contributed by atoms with van der Waals surface area (Å²) in [6.45, 7) is 1.24. The SMILES string of the molecule is Cc1cc(Cc2nc(Cc3ccc(N=Nc4ccccc4S(=O)(=O)O)cc3)nc(N(C)CC(=O)O)n2)c(OCCCS(=O)(=O)O)cc1N=Nc1cccc(C(=O)O)c1. The van der Waals surface area contributed by atoms with E-state index < -0.39 is 49.4 Å². The number of azo groups is 2. The van der Waals surface area contributed by atoms with Gasteiger partial charge < -0.3 is 19.8 Å². The molecule has 1 heterocycles. The molecule has 0 saturated carbocycles. The fraction of sp³-hybridized carbons (Fsp3) is 0.216. The summed E-state index contributed by atoms with van der Waals surface area (Å²) in [5.41, 5.74) is 2.91. The van der Waals surface area contributed by atoms with Gasteiger partial charge in [0, 0.05) is 31.5 Å². The fourth-order valence-corrected chi connectivity index (χ4v) is 6.42. The van der Waals surface area contributed by atoms with Crippen molar-refractivity contribution in [3.63, 3.8) is 0 Å². The third-order valence-corrected chi connectivity index (χ3v) is 9.75. The van der Waals surface area contributed by atoms with E-state index >= 15 is 0 Å². The van der Waals surface area contributed by atoms with E-state index in [4.69, 9.17) is 4.74 Å². The number of likely N-dealkylation sites (N-methyl/N-ethyl adjacent to an activating group) is 1. The van der Waals surface area contributed by atoms with Gasteiger partial charge in [0.25, 0.3) is 20.2 Å². The van der Waals surface area contributed by atoms with Crippen LogP contribution in [0, 0.1) is 6.92 Å². The highest BCUT2D eigenvalue weighted by Gasteiger charge is 2.18. The van der Waals surface area contributed by atoms with Gasteiger partial charge >= 0.3 is 11.9 Å². The van der Waals surface area contributed by atoms with Gasteiger partial charge in [0.1, 0.15) is 34.5 Å². The topological polar surface area (TPSA) is 284 Å². The molecule has 0 saturated heterocycles. The van der Waals surface area contributed by atoms with Crippen LogP contribution >= 0.6 is 0 Å². The number of anilines is 1. The molecule has 0 atom stereocenters. The molecule has 0 radical (unpaired) electrons. The van der Waals surface area contributed by atoms with Crippen LogP contribution in [-0.2, 0) is 37.9 Å². The number of aryl methyl sites for hydroxylation is 1. The zero-order chi connectivity index (χ0) is 42.0. The molecule has 1 aromatic heterocycles. The minimum atomic E-state index is -4.52. The normalized spacial score (nSPS) is 11.9. The Hall–Kier alpha value is -6.55. The Morgan fingerprint density at radius 1 is 0.759 bits per heavy atom. The standard InChI is InChI=1S/C37H36N8O11S2/c1-23-17-26(31(56-15-6-16-57(50,51)52)21-30(23)44-42-28-8-5-7-25(19-28)36(48)49)20-34-38-33(39-37(40-34)45(2)22-35(46)47)18-24-11-13-27(14-12-24)41-43-29-9-3-4-10-32(29)58(53,54)55/h3-5,7-14,17,19,21H,6,15-16,18,20,22H2,1-2H3,(H,46,47)(H,48,49)(H,50,51,52)(H,53,54,55). The average Bonchev–Trinajstić information content (AvgIpc) is 3.15. The van der Waals surface area contributed by atoms with E-state index in [9.17, 15) is 45.7 Å². The van der Waals surface area contributed by atoms with Gasteiger partial charge in [-0.2, -0.15) is 42.1 Å². The summed E-state index contributed by atoms with van der Waals surface area (Å²) < 4.78 is 70.7. The van der Waals surface area contributed by atoms with E-state index in [-0.39, 0.29) is 66.2 Å². The van der Waals surface area contributed by atoms with Crippen molar-refractivity contribution in [2.45, 2.75) is 31.1 Å². The van der Waals surface area contributed by atoms with Crippen LogP contribution in [0.4, 0.5) is 28.7 Å². The molecule has 302 valence electrons. The minimum absolute atomic E-state index is 0.0259. The van der Waals surface area contributed by atoms with E-state index in [0.717, 1.165) is 5.56 Å². The summed E-state index contributed by atoms with van der Waals surface area (Å²) in [5, 5.41) is 35.3. The third-order valence-electron chi connectivity index (χ3n) is 8.04. The van der Waals surface area contributed by atoms with Gasteiger partial charge in [-0.3, -0.25) is 13.9 Å². The maximum atomic E-state index is 11.7. The quantitative estimate of drug-likeness (QED) is 0.0427. The molecule has 4 N–H and O–H groups in total. The molecular weight excluding hydrogens is 797 g/mol. The maximum Gasteiger partial charge on any atom is 0.335 e. The van der Waals surface area contributed by atoms with E-state index in [2.05, 4.69) is 35.4 Å². The Morgan fingerprint density at radius 2 is 1.43 bits per heavy atom. The van der Waals surface area contributed by atoms with Crippen molar-refractivity contribution < 1.29 is 50.5 Å². The maximum absolute atomic E-state index is 11.7. The number of aromatic carboxylic acids is 1. The minimum Gasteiger partial charge on any atom is -0.493 e. The number of hydrogen-bond acceptors (Lipinski definition) is 15. The van der Waals surface area contributed by atoms with E-state index in [1.165, 1.54) is 48.3 Å². The number of aliphatic carboxylic acids is 1. The van der Waals surface area contributed by atoms with Crippen molar-refractivity contribution in [2.75, 3.05) is 30.9 Å². The van der Waals surface area contributed by atoms with Crippen molar-refractivity contribution in [3.05, 3.63) is 119 Å². The summed E-state index contributed by atoms with van der Waals surface area (Å²) >= 11 is 0. The summed E-state index contributed by atoms with van der Waals surface area (Å²) in [7, 11) is -7.25. The van der Waals surface area contributed by atoms with Crippen molar-refractivity contribution >= 4 is 60.9 Å². The molecule has 5 aromatic rings. The number of rotatable bonds is 18. The van der Waals surface area contributed by atoms with Crippen LogP contribution in [0.15, 0.2) is 110 Å². The van der Waals surface area contributed by atoms with Gasteiger partial charge in [-0.15, -0.1) is 5.11 Å². The Balaban J connectivity index is 1.45. The number of carboxylic acid groups (broad SMARTS) is 2. The average molecular weight is 833 g/mol. The summed E-state index contributed by atoms with van der Waals surface area (Å²) in [6, 6.07) is 21.5. The summed E-state index contributed by atoms with van der Waals surface area (Å²) in [4.78, 5) is 37.6. The van der Waals surface area contributed by atoms with E-state index in [0.29, 0.717) is 22.5 Å². The highest BCUT2D eigenvalue weighted by Crippen LogP contribution is 2.33. The second-order valence-corrected chi connectivity index (χ2v) is 15.6. The van der Waals surface area contributed by atoms with Crippen LogP contribution in [0.3, 0.4) is 0 Å². The molecule has 0 aliphatic heterocycles. The number of nitrogens with zero attached hydrogens (tertiary/aromatic N) is 8. The van der Waals surface area contributed by atoms with E-state index in [1.807, 2.05) is 0 Å². The Labute approximate surface area is 332 Å². The monoisotopic (exact) mass is 832 g/mol. The first-order valence-corrected chi connectivity index (χ1v) is 20.2. The first-order chi connectivity index (χ1) is 27.4. The predicted octanol–water partition coefficient (Wildman–Crippen LogP) is 6.31. The number of benzene rings is 4. The molecule has 5 rings (SSSR count). The van der Waals surface area contributed by atoms with Gasteiger partial charge in [0.05, 0.1) is 35.0 Å². The molecule has 0 aliphatic rings. The first-order valence-electron chi connectivity index (χ1n) is 17.1. The summed E-state index contributed by atoms with van der Waals surface area (Å²) in [5.74, 6) is -1.92. The highest BCUT2D eigenvalue weighted by molar-refractivity contribution is 7.86. The second kappa shape index (κ2) is 18.6. The molecule has 19 nitrogen and oxygen atoms in total. The number of aromatic nitrogens is 3. The Bertz CT molecular complexity index is 2600. The van der Waals surface area contributed by atoms with Crippen molar-refractivity contribution in [3.8, 4) is 5.75 Å². The smallest absolute Gasteiger partial charge is 0.335 e. The fourth-order valence-electron chi connectivity index (χ4n) is 5.31. The highest BCUT2D eigenvalue weighted by atomic mass is 32.2. The molecular formula is C37H36N8O11S2. The number of carbonyl (C=O) groups is 2. The Morgan fingerprint density at radius 3 is 2.10 bits per heavy atom. The van der Waals surface area contributed by atoms with Crippen LogP contribution in [0.2, 0.25) is 0 Å². The lowest BCUT2D eigenvalue weighted by Crippen LogP contribution is -2.28. The van der Waals surface area contributed by atoms with Crippen LogP contribution in [0.5, 0.6) is 5.75 Å². The van der Waals surface area contributed by atoms with Gasteiger partial charge in [0.15, 0.2) is 0 Å². The molecule has 0 amide bonds. The summed E-state index contributed by atoms with van der Waals surface area (Å²) in [6.07, 6.45) is 0.177. The van der Waals surface area contributed by atoms with Gasteiger partial charge in [-0.1, -0.05) is 30.3 Å². The van der Waals surface area contributed by atoms with Gasteiger partial charge in [0.2, 0.25) is 5.95 Å². The Kier molecular flexibility index (Phi) is 13.7. The predicted molar refractivity (Wildman–Crippen MR) is 209 cm³/mol. The lowest BCUT2D eigenvalue weighted by Gasteiger charge is -2.17. The van der Waals surface area contributed by atoms with E-state index in [1.54, 1.807) is 55.5 Å². The molecule has 58 heavy (non-hydrogen) atoms. The zero-order valence-electron chi connectivity index (χ0n) is 30.9. The van der Waals surface area contributed by atoms with Crippen LogP contribution in [0.1, 0.15) is 45.1 Å². The molecule has 0 fully saturated rings. The molecule has 0 aliphatic carbocycles. The molecule has 0 spiro atoms. The van der Waals surface area contributed by atoms with Crippen LogP contribution < -0.4 is 9.64 Å². The molecule has 4 aromatic carbocycles. The van der Waals surface area contributed by atoms with Crippen LogP contribution in [0.25, 0.3) is 0 Å². The lowest BCUT2D eigenvalue weighted by atomic mass is 10.1. The molecule has 0 bridgehead atoms. The van der Waals surface area contributed by atoms with Crippen molar-refractivity contribution in [2.24, 2.45) is 20.5 Å². The first kappa shape index (κ1) is 42.6. The van der Waals surface area contributed by atoms with Crippen molar-refractivity contribution in [1.29, 1.82) is 0 Å². The zero-order valence-corrected chi connectivity index (χ0v) is 32.5. The van der Waals surface area contributed by atoms with Crippen molar-refractivity contribution in [1.82, 2.24) is 15.0 Å². The number of ether oxygens (including phenoxy) is 1. The largest absolute Gasteiger partial charge is 0.493 e. The molecule has 0 unspecified atom stereocenters. The number of carboxylic acids is 2. The lowest BCUT2D eigenvalue weighted by molar-refractivity contribution is -0.135.